The van der Waals surface area contributed by atoms with E-state index in [0.717, 1.165) is 18.4 Å². The number of aromatic nitrogens is 1. The molecule has 1 fully saturated rings. The lowest BCUT2D eigenvalue weighted by molar-refractivity contribution is 0.0947. The lowest BCUT2D eigenvalue weighted by Gasteiger charge is -2.09. The van der Waals surface area contributed by atoms with Crippen molar-refractivity contribution in [3.8, 4) is 16.3 Å². The van der Waals surface area contributed by atoms with E-state index in [-0.39, 0.29) is 18.6 Å². The summed E-state index contributed by atoms with van der Waals surface area (Å²) in [6, 6.07) is 12.2. The van der Waals surface area contributed by atoms with E-state index >= 15 is 0 Å². The number of carbonyl (C=O) groups excluding carboxylic acids is 1. The molecule has 4 nitrogen and oxygen atoms in total. The molecular formula is C20H16ClFN2O2S. The summed E-state index contributed by atoms with van der Waals surface area (Å²) in [4.78, 5) is 16.3. The molecule has 7 heteroatoms. The van der Waals surface area contributed by atoms with Gasteiger partial charge < -0.3 is 10.1 Å². The first kappa shape index (κ1) is 17.9. The summed E-state index contributed by atoms with van der Waals surface area (Å²) in [7, 11) is 0. The number of rotatable bonds is 6. The summed E-state index contributed by atoms with van der Waals surface area (Å²) in [5.74, 6) is -0.255. The predicted octanol–water partition coefficient (Wildman–Crippen LogP) is 5.07. The number of thiazole rings is 1. The number of nitrogens with zero attached hydrogens (tertiary/aromatic N) is 1. The second kappa shape index (κ2) is 7.66. The monoisotopic (exact) mass is 402 g/mol. The quantitative estimate of drug-likeness (QED) is 0.626. The van der Waals surface area contributed by atoms with Crippen molar-refractivity contribution in [3.63, 3.8) is 0 Å². The average Bonchev–Trinajstić information content (AvgIpc) is 3.33. The van der Waals surface area contributed by atoms with Gasteiger partial charge in [-0.05, 0) is 31.0 Å². The molecular weight excluding hydrogens is 387 g/mol. The van der Waals surface area contributed by atoms with Crippen LogP contribution in [0.2, 0.25) is 5.02 Å². The molecule has 1 heterocycles. The number of halogens is 2. The molecule has 1 amide bonds. The fourth-order valence-corrected chi connectivity index (χ4v) is 3.54. The molecule has 0 atom stereocenters. The molecule has 4 rings (SSSR count). The third-order valence-electron chi connectivity index (χ3n) is 4.17. The van der Waals surface area contributed by atoms with Gasteiger partial charge in [0.05, 0.1) is 0 Å². The Morgan fingerprint density at radius 1 is 1.30 bits per heavy atom. The Hall–Kier alpha value is -2.44. The largest absolute Gasteiger partial charge is 0.489 e. The summed E-state index contributed by atoms with van der Waals surface area (Å²) >= 11 is 7.34. The Kier molecular flexibility index (Phi) is 5.09. The van der Waals surface area contributed by atoms with Gasteiger partial charge in [-0.15, -0.1) is 11.3 Å². The first-order chi connectivity index (χ1) is 13.1. The van der Waals surface area contributed by atoms with Crippen molar-refractivity contribution in [3.05, 3.63) is 69.9 Å². The van der Waals surface area contributed by atoms with Crippen molar-refractivity contribution >= 4 is 28.8 Å². The SMILES string of the molecule is O=C(NC1CC1)c1csc(-c2ccc(OCc3ccccc3Cl)cc2F)n1. The van der Waals surface area contributed by atoms with Crippen LogP contribution in [0.15, 0.2) is 47.8 Å². The van der Waals surface area contributed by atoms with Gasteiger partial charge in [0.15, 0.2) is 0 Å². The van der Waals surface area contributed by atoms with Gasteiger partial charge in [0.25, 0.3) is 5.91 Å². The van der Waals surface area contributed by atoms with Crippen LogP contribution >= 0.6 is 22.9 Å². The number of nitrogens with one attached hydrogen (secondary N) is 1. The van der Waals surface area contributed by atoms with Crippen LogP contribution in [0.3, 0.4) is 0 Å². The minimum atomic E-state index is -0.449. The van der Waals surface area contributed by atoms with Gasteiger partial charge in [0, 0.05) is 33.6 Å². The van der Waals surface area contributed by atoms with Crippen LogP contribution in [-0.4, -0.2) is 16.9 Å². The molecule has 0 unspecified atom stereocenters. The van der Waals surface area contributed by atoms with Gasteiger partial charge >= 0.3 is 0 Å². The molecule has 0 radical (unpaired) electrons. The number of ether oxygens (including phenoxy) is 1. The first-order valence-electron chi connectivity index (χ1n) is 8.52. The Bertz CT molecular complexity index is 988. The summed E-state index contributed by atoms with van der Waals surface area (Å²) in [5, 5.41) is 5.59. The summed E-state index contributed by atoms with van der Waals surface area (Å²) < 4.78 is 20.2. The lowest BCUT2D eigenvalue weighted by atomic mass is 10.2. The normalized spacial score (nSPS) is 13.4. The maximum atomic E-state index is 14.5. The number of hydrogen-bond acceptors (Lipinski definition) is 4. The van der Waals surface area contributed by atoms with Crippen molar-refractivity contribution < 1.29 is 13.9 Å². The van der Waals surface area contributed by atoms with Gasteiger partial charge in [0.2, 0.25) is 0 Å². The highest BCUT2D eigenvalue weighted by atomic mass is 35.5. The summed E-state index contributed by atoms with van der Waals surface area (Å²) in [6.07, 6.45) is 2.01. The predicted molar refractivity (Wildman–Crippen MR) is 104 cm³/mol. The van der Waals surface area contributed by atoms with E-state index in [9.17, 15) is 9.18 Å². The van der Waals surface area contributed by atoms with E-state index in [2.05, 4.69) is 10.3 Å². The molecule has 0 bridgehead atoms. The van der Waals surface area contributed by atoms with Gasteiger partial charge in [-0.3, -0.25) is 4.79 Å². The standard InChI is InChI=1S/C20H16ClFN2O2S/c21-16-4-2-1-3-12(16)10-26-14-7-8-15(17(22)9-14)20-24-18(11-27-20)19(25)23-13-5-6-13/h1-4,7-9,11,13H,5-6,10H2,(H,23,25). The first-order valence-corrected chi connectivity index (χ1v) is 9.78. The Morgan fingerprint density at radius 2 is 2.11 bits per heavy atom. The number of benzene rings is 2. The third kappa shape index (κ3) is 4.28. The highest BCUT2D eigenvalue weighted by Gasteiger charge is 2.25. The molecule has 2 aromatic carbocycles. The van der Waals surface area contributed by atoms with Crippen LogP contribution in [0.5, 0.6) is 5.75 Å². The molecule has 27 heavy (non-hydrogen) atoms. The van der Waals surface area contributed by atoms with Crippen molar-refractivity contribution in [1.29, 1.82) is 0 Å². The van der Waals surface area contributed by atoms with Crippen LogP contribution in [-0.2, 0) is 6.61 Å². The van der Waals surface area contributed by atoms with Crippen LogP contribution in [0.25, 0.3) is 10.6 Å². The van der Waals surface area contributed by atoms with E-state index in [1.54, 1.807) is 23.6 Å². The Balaban J connectivity index is 1.46. The maximum absolute atomic E-state index is 14.5. The molecule has 1 aromatic heterocycles. The zero-order valence-corrected chi connectivity index (χ0v) is 15.8. The molecule has 0 aliphatic heterocycles. The van der Waals surface area contributed by atoms with Crippen molar-refractivity contribution in [1.82, 2.24) is 10.3 Å². The number of amides is 1. The van der Waals surface area contributed by atoms with E-state index < -0.39 is 5.82 Å². The summed E-state index contributed by atoms with van der Waals surface area (Å²) in [5.41, 5.74) is 1.49. The van der Waals surface area contributed by atoms with Crippen LogP contribution < -0.4 is 10.1 Å². The van der Waals surface area contributed by atoms with E-state index in [1.165, 1.54) is 17.4 Å². The van der Waals surface area contributed by atoms with Gasteiger partial charge in [-0.25, -0.2) is 9.37 Å². The van der Waals surface area contributed by atoms with Gasteiger partial charge in [-0.2, -0.15) is 0 Å². The van der Waals surface area contributed by atoms with Crippen molar-refractivity contribution in [2.24, 2.45) is 0 Å². The Morgan fingerprint density at radius 3 is 2.85 bits per heavy atom. The highest BCUT2D eigenvalue weighted by molar-refractivity contribution is 7.13. The van der Waals surface area contributed by atoms with E-state index in [0.29, 0.717) is 27.0 Å². The van der Waals surface area contributed by atoms with Gasteiger partial charge in [0.1, 0.15) is 28.9 Å². The van der Waals surface area contributed by atoms with E-state index in [4.69, 9.17) is 16.3 Å². The zero-order chi connectivity index (χ0) is 18.8. The number of hydrogen-bond donors (Lipinski definition) is 1. The zero-order valence-electron chi connectivity index (χ0n) is 14.2. The maximum Gasteiger partial charge on any atom is 0.270 e. The van der Waals surface area contributed by atoms with Crippen LogP contribution in [0.4, 0.5) is 4.39 Å². The third-order valence-corrected chi connectivity index (χ3v) is 5.42. The fourth-order valence-electron chi connectivity index (χ4n) is 2.52. The average molecular weight is 403 g/mol. The molecule has 0 saturated heterocycles. The highest BCUT2D eigenvalue weighted by Crippen LogP contribution is 2.30. The van der Waals surface area contributed by atoms with E-state index in [1.807, 2.05) is 18.2 Å². The topological polar surface area (TPSA) is 51.2 Å². The molecule has 0 spiro atoms. The smallest absolute Gasteiger partial charge is 0.270 e. The molecule has 1 aliphatic rings. The van der Waals surface area contributed by atoms with Crippen LogP contribution in [0, 0.1) is 5.82 Å². The minimum absolute atomic E-state index is 0.208. The second-order valence-corrected chi connectivity index (χ2v) is 7.57. The van der Waals surface area contributed by atoms with Crippen LogP contribution in [0.1, 0.15) is 28.9 Å². The second-order valence-electron chi connectivity index (χ2n) is 6.31. The summed E-state index contributed by atoms with van der Waals surface area (Å²) in [6.45, 7) is 0.251. The molecule has 3 aromatic rings. The van der Waals surface area contributed by atoms with Gasteiger partial charge in [-0.1, -0.05) is 29.8 Å². The molecule has 138 valence electrons. The molecule has 1 N–H and O–H groups in total. The molecule has 1 aliphatic carbocycles. The Labute approximate surface area is 165 Å². The fraction of sp³-hybridized carbons (Fsp3) is 0.200. The lowest BCUT2D eigenvalue weighted by Crippen LogP contribution is -2.25. The number of carbonyl (C=O) groups is 1. The molecule has 1 saturated carbocycles. The van der Waals surface area contributed by atoms with Crippen molar-refractivity contribution in [2.75, 3.05) is 0 Å². The minimum Gasteiger partial charge on any atom is -0.489 e. The van der Waals surface area contributed by atoms with Crippen molar-refractivity contribution in [2.45, 2.75) is 25.5 Å².